The Bertz CT molecular complexity index is 576. The molecule has 3 nitrogen and oxygen atoms in total. The number of ether oxygens (including phenoxy) is 1. The van der Waals surface area contributed by atoms with Gasteiger partial charge in [-0.25, -0.2) is 4.79 Å². The van der Waals surface area contributed by atoms with Crippen LogP contribution in [0.25, 0.3) is 0 Å². The normalized spacial score (nSPS) is 10.4. The van der Waals surface area contributed by atoms with Crippen molar-refractivity contribution >= 4 is 23.0 Å². The van der Waals surface area contributed by atoms with Gasteiger partial charge in [0.05, 0.1) is 12.2 Å². The summed E-state index contributed by atoms with van der Waals surface area (Å²) >= 11 is 1.66. The molecule has 0 radical (unpaired) electrons. The largest absolute Gasteiger partial charge is 0.462 e. The molecule has 1 aromatic heterocycles. The SMILES string of the molecule is Cc1cc(C)c(N)c(C(=O)OCCc2cccs2)c1. The van der Waals surface area contributed by atoms with Gasteiger partial charge in [-0.1, -0.05) is 12.1 Å². The third kappa shape index (κ3) is 3.35. The van der Waals surface area contributed by atoms with Crippen molar-refractivity contribution in [3.63, 3.8) is 0 Å². The number of hydrogen-bond acceptors (Lipinski definition) is 4. The Labute approximate surface area is 117 Å². The Morgan fingerprint density at radius 1 is 1.37 bits per heavy atom. The zero-order valence-electron chi connectivity index (χ0n) is 11.1. The number of hydrogen-bond donors (Lipinski definition) is 1. The molecule has 0 saturated carbocycles. The summed E-state index contributed by atoms with van der Waals surface area (Å²) in [4.78, 5) is 13.2. The lowest BCUT2D eigenvalue weighted by atomic mass is 10.0. The zero-order valence-corrected chi connectivity index (χ0v) is 11.9. The second kappa shape index (κ2) is 5.89. The van der Waals surface area contributed by atoms with E-state index in [2.05, 4.69) is 0 Å². The minimum Gasteiger partial charge on any atom is -0.462 e. The van der Waals surface area contributed by atoms with Crippen molar-refractivity contribution in [3.05, 3.63) is 51.2 Å². The van der Waals surface area contributed by atoms with Gasteiger partial charge in [0.1, 0.15) is 0 Å². The molecule has 0 atom stereocenters. The number of rotatable bonds is 4. The van der Waals surface area contributed by atoms with Crippen LogP contribution < -0.4 is 5.73 Å². The van der Waals surface area contributed by atoms with Gasteiger partial charge in [-0.05, 0) is 42.5 Å². The molecule has 2 rings (SSSR count). The molecule has 2 N–H and O–H groups in total. The van der Waals surface area contributed by atoms with Crippen LogP contribution in [-0.4, -0.2) is 12.6 Å². The van der Waals surface area contributed by atoms with E-state index in [0.29, 0.717) is 17.9 Å². The first kappa shape index (κ1) is 13.6. The van der Waals surface area contributed by atoms with E-state index in [4.69, 9.17) is 10.5 Å². The van der Waals surface area contributed by atoms with Crippen LogP contribution in [0, 0.1) is 13.8 Å². The summed E-state index contributed by atoms with van der Waals surface area (Å²) in [5.41, 5.74) is 8.81. The highest BCUT2D eigenvalue weighted by Crippen LogP contribution is 2.20. The molecule has 0 aliphatic rings. The smallest absolute Gasteiger partial charge is 0.340 e. The van der Waals surface area contributed by atoms with Crippen molar-refractivity contribution in [1.82, 2.24) is 0 Å². The standard InChI is InChI=1S/C15H17NO2S/c1-10-8-11(2)14(16)13(9-10)15(17)18-6-5-12-4-3-7-19-12/h3-4,7-9H,5-6,16H2,1-2H3. The summed E-state index contributed by atoms with van der Waals surface area (Å²) in [7, 11) is 0. The molecule has 100 valence electrons. The number of carbonyl (C=O) groups is 1. The second-order valence-corrected chi connectivity index (χ2v) is 5.54. The fourth-order valence-electron chi connectivity index (χ4n) is 1.92. The van der Waals surface area contributed by atoms with E-state index in [1.807, 2.05) is 37.4 Å². The fourth-order valence-corrected chi connectivity index (χ4v) is 2.61. The first-order chi connectivity index (χ1) is 9.08. The van der Waals surface area contributed by atoms with Crippen molar-refractivity contribution in [2.75, 3.05) is 12.3 Å². The van der Waals surface area contributed by atoms with Crippen LogP contribution in [0.15, 0.2) is 29.6 Å². The highest BCUT2D eigenvalue weighted by atomic mass is 32.1. The number of benzene rings is 1. The number of esters is 1. The maximum absolute atomic E-state index is 12.0. The summed E-state index contributed by atoms with van der Waals surface area (Å²) < 4.78 is 5.28. The summed E-state index contributed by atoms with van der Waals surface area (Å²) in [6.07, 6.45) is 0.744. The number of nitrogen functional groups attached to an aromatic ring is 1. The molecule has 0 amide bonds. The second-order valence-electron chi connectivity index (χ2n) is 4.51. The zero-order chi connectivity index (χ0) is 13.8. The maximum atomic E-state index is 12.0. The number of anilines is 1. The van der Waals surface area contributed by atoms with Gasteiger partial charge in [-0.15, -0.1) is 11.3 Å². The third-order valence-electron chi connectivity index (χ3n) is 2.91. The molecule has 0 bridgehead atoms. The van der Waals surface area contributed by atoms with Gasteiger partial charge in [0.2, 0.25) is 0 Å². The summed E-state index contributed by atoms with van der Waals surface area (Å²) in [5, 5.41) is 2.01. The lowest BCUT2D eigenvalue weighted by Gasteiger charge is -2.10. The van der Waals surface area contributed by atoms with Crippen LogP contribution in [0.3, 0.4) is 0 Å². The van der Waals surface area contributed by atoms with Crippen LogP contribution in [0.4, 0.5) is 5.69 Å². The molecule has 4 heteroatoms. The Kier molecular flexibility index (Phi) is 4.22. The van der Waals surface area contributed by atoms with Crippen LogP contribution >= 0.6 is 11.3 Å². The van der Waals surface area contributed by atoms with Crippen LogP contribution in [-0.2, 0) is 11.2 Å². The molecule has 19 heavy (non-hydrogen) atoms. The van der Waals surface area contributed by atoms with Crippen LogP contribution in [0.1, 0.15) is 26.4 Å². The molecule has 0 aliphatic heterocycles. The van der Waals surface area contributed by atoms with Crippen molar-refractivity contribution in [2.24, 2.45) is 0 Å². The van der Waals surface area contributed by atoms with Crippen LogP contribution in [0.2, 0.25) is 0 Å². The lowest BCUT2D eigenvalue weighted by Crippen LogP contribution is -2.11. The highest BCUT2D eigenvalue weighted by Gasteiger charge is 2.13. The minimum atomic E-state index is -0.346. The van der Waals surface area contributed by atoms with Gasteiger partial charge in [-0.2, -0.15) is 0 Å². The van der Waals surface area contributed by atoms with Gasteiger partial charge in [-0.3, -0.25) is 0 Å². The number of thiophene rings is 1. The predicted octanol–water partition coefficient (Wildman–Crippen LogP) is 3.35. The molecule has 0 fully saturated rings. The van der Waals surface area contributed by atoms with E-state index < -0.39 is 0 Å². The minimum absolute atomic E-state index is 0.346. The molecule has 1 heterocycles. The molecular formula is C15H17NO2S. The van der Waals surface area contributed by atoms with E-state index in [9.17, 15) is 4.79 Å². The Morgan fingerprint density at radius 3 is 2.84 bits per heavy atom. The van der Waals surface area contributed by atoms with Crippen molar-refractivity contribution in [1.29, 1.82) is 0 Å². The lowest BCUT2D eigenvalue weighted by molar-refractivity contribution is 0.0511. The van der Waals surface area contributed by atoms with Gasteiger partial charge >= 0.3 is 5.97 Å². The van der Waals surface area contributed by atoms with Gasteiger partial charge < -0.3 is 10.5 Å². The van der Waals surface area contributed by atoms with E-state index >= 15 is 0 Å². The van der Waals surface area contributed by atoms with Gasteiger partial charge in [0.15, 0.2) is 0 Å². The van der Waals surface area contributed by atoms with E-state index in [-0.39, 0.29) is 5.97 Å². The summed E-state index contributed by atoms with van der Waals surface area (Å²) in [6.45, 7) is 4.21. The number of carbonyl (C=O) groups excluding carboxylic acids is 1. The number of nitrogens with two attached hydrogens (primary N) is 1. The quantitative estimate of drug-likeness (QED) is 0.687. The van der Waals surface area contributed by atoms with Crippen molar-refractivity contribution in [2.45, 2.75) is 20.3 Å². The average Bonchev–Trinajstić information content (AvgIpc) is 2.86. The number of aryl methyl sites for hydroxylation is 2. The average molecular weight is 275 g/mol. The fraction of sp³-hybridized carbons (Fsp3) is 0.267. The summed E-state index contributed by atoms with van der Waals surface area (Å²) in [5.74, 6) is -0.346. The van der Waals surface area contributed by atoms with E-state index in [0.717, 1.165) is 17.5 Å². The molecule has 2 aromatic rings. The first-order valence-electron chi connectivity index (χ1n) is 6.14. The molecule has 0 unspecified atom stereocenters. The molecular weight excluding hydrogens is 258 g/mol. The molecule has 0 aliphatic carbocycles. The van der Waals surface area contributed by atoms with Gasteiger partial charge in [0.25, 0.3) is 0 Å². The maximum Gasteiger partial charge on any atom is 0.340 e. The van der Waals surface area contributed by atoms with Crippen LogP contribution in [0.5, 0.6) is 0 Å². The highest BCUT2D eigenvalue weighted by molar-refractivity contribution is 7.09. The molecule has 0 saturated heterocycles. The Hall–Kier alpha value is -1.81. The van der Waals surface area contributed by atoms with Crippen molar-refractivity contribution in [3.8, 4) is 0 Å². The predicted molar refractivity (Wildman–Crippen MR) is 78.6 cm³/mol. The Morgan fingerprint density at radius 2 is 2.16 bits per heavy atom. The van der Waals surface area contributed by atoms with E-state index in [1.54, 1.807) is 17.4 Å². The van der Waals surface area contributed by atoms with Crippen molar-refractivity contribution < 1.29 is 9.53 Å². The monoisotopic (exact) mass is 275 g/mol. The summed E-state index contributed by atoms with van der Waals surface area (Å²) in [6, 6.07) is 7.75. The molecule has 1 aromatic carbocycles. The van der Waals surface area contributed by atoms with E-state index in [1.165, 1.54) is 4.88 Å². The Balaban J connectivity index is 2.00. The van der Waals surface area contributed by atoms with Gasteiger partial charge in [0, 0.05) is 17.0 Å². The first-order valence-corrected chi connectivity index (χ1v) is 7.02. The third-order valence-corrected chi connectivity index (χ3v) is 3.85. The molecule has 0 spiro atoms. The topological polar surface area (TPSA) is 52.3 Å².